The van der Waals surface area contributed by atoms with Crippen LogP contribution in [-0.2, 0) is 14.3 Å². The number of anilines is 1. The number of carbonyl (C=O) groups excluding carboxylic acids is 4. The zero-order chi connectivity index (χ0) is 28.7. The second-order valence-corrected chi connectivity index (χ2v) is 11.1. The molecule has 0 radical (unpaired) electrons. The highest BCUT2D eigenvalue weighted by Crippen LogP contribution is 2.42. The Morgan fingerprint density at radius 3 is 2.39 bits per heavy atom. The minimum Gasteiger partial charge on any atom is -0.454 e. The molecule has 206 valence electrons. The molecule has 2 amide bonds. The topological polar surface area (TPSA) is 93.6 Å². The summed E-state index contributed by atoms with van der Waals surface area (Å²) in [5.41, 5.74) is 4.15. The first-order valence-electron chi connectivity index (χ1n) is 13.9. The van der Waals surface area contributed by atoms with E-state index in [1.165, 1.54) is 4.90 Å². The number of nitrogens with zero attached hydrogens (tertiary/aromatic N) is 2. The van der Waals surface area contributed by atoms with Gasteiger partial charge in [-0.05, 0) is 62.4 Å². The van der Waals surface area contributed by atoms with Crippen LogP contribution >= 0.6 is 0 Å². The molecule has 7 heteroatoms. The molecular weight excluding hydrogens is 516 g/mol. The lowest BCUT2D eigenvalue weighted by molar-refractivity contribution is -0.122. The van der Waals surface area contributed by atoms with Gasteiger partial charge >= 0.3 is 5.97 Å². The first-order valence-corrected chi connectivity index (χ1v) is 13.9. The zero-order valence-electron chi connectivity index (χ0n) is 23.0. The van der Waals surface area contributed by atoms with Gasteiger partial charge in [-0.2, -0.15) is 0 Å². The molecule has 3 atom stereocenters. The van der Waals surface area contributed by atoms with Gasteiger partial charge in [-0.15, -0.1) is 0 Å². The van der Waals surface area contributed by atoms with Crippen LogP contribution in [-0.4, -0.2) is 35.2 Å². The van der Waals surface area contributed by atoms with E-state index in [2.05, 4.69) is 6.92 Å². The summed E-state index contributed by atoms with van der Waals surface area (Å²) < 4.78 is 5.45. The third-order valence-corrected chi connectivity index (χ3v) is 8.22. The second-order valence-electron chi connectivity index (χ2n) is 11.1. The lowest BCUT2D eigenvalue weighted by Crippen LogP contribution is -2.30. The third-order valence-electron chi connectivity index (χ3n) is 8.22. The van der Waals surface area contributed by atoms with Crippen LogP contribution in [0, 0.1) is 24.7 Å². The Morgan fingerprint density at radius 2 is 1.63 bits per heavy atom. The largest absolute Gasteiger partial charge is 0.454 e. The molecule has 1 aromatic heterocycles. The number of pyridine rings is 1. The van der Waals surface area contributed by atoms with Crippen LogP contribution in [0.5, 0.6) is 0 Å². The van der Waals surface area contributed by atoms with Crippen LogP contribution in [0.4, 0.5) is 5.69 Å². The van der Waals surface area contributed by atoms with Crippen LogP contribution in [0.3, 0.4) is 0 Å². The number of benzene rings is 3. The zero-order valence-corrected chi connectivity index (χ0v) is 23.0. The molecule has 1 saturated heterocycles. The molecule has 7 nitrogen and oxygen atoms in total. The number of hydrogen-bond donors (Lipinski definition) is 0. The number of ketones is 1. The maximum atomic E-state index is 13.3. The number of esters is 1. The van der Waals surface area contributed by atoms with Gasteiger partial charge in [0, 0.05) is 16.5 Å². The van der Waals surface area contributed by atoms with Crippen molar-refractivity contribution in [3.63, 3.8) is 0 Å². The van der Waals surface area contributed by atoms with Crippen LogP contribution in [0.15, 0.2) is 78.9 Å². The number of ether oxygens (including phenoxy) is 1. The number of aromatic nitrogens is 1. The van der Waals surface area contributed by atoms with Crippen molar-refractivity contribution < 1.29 is 23.9 Å². The highest BCUT2D eigenvalue weighted by molar-refractivity contribution is 6.22. The van der Waals surface area contributed by atoms with Gasteiger partial charge in [0.2, 0.25) is 11.8 Å². The number of fused-ring (bicyclic) bond motifs is 2. The van der Waals surface area contributed by atoms with Crippen molar-refractivity contribution >= 4 is 40.2 Å². The van der Waals surface area contributed by atoms with E-state index in [-0.39, 0.29) is 36.0 Å². The predicted molar refractivity (Wildman–Crippen MR) is 155 cm³/mol. The summed E-state index contributed by atoms with van der Waals surface area (Å²) in [4.78, 5) is 58.2. The number of rotatable bonds is 6. The van der Waals surface area contributed by atoms with E-state index < -0.39 is 5.97 Å². The maximum absolute atomic E-state index is 13.3. The van der Waals surface area contributed by atoms with Gasteiger partial charge < -0.3 is 4.74 Å². The van der Waals surface area contributed by atoms with E-state index in [9.17, 15) is 19.2 Å². The minimum atomic E-state index is -0.616. The predicted octanol–water partition coefficient (Wildman–Crippen LogP) is 6.18. The summed E-state index contributed by atoms with van der Waals surface area (Å²) in [6.07, 6.45) is 2.47. The summed E-state index contributed by atoms with van der Waals surface area (Å²) in [7, 11) is 0. The molecule has 2 heterocycles. The van der Waals surface area contributed by atoms with E-state index in [1.54, 1.807) is 54.6 Å². The smallest absolute Gasteiger partial charge is 0.339 e. The normalized spacial score (nSPS) is 20.2. The van der Waals surface area contributed by atoms with Crippen molar-refractivity contribution in [3.05, 3.63) is 95.6 Å². The fourth-order valence-electron chi connectivity index (χ4n) is 6.00. The number of imide groups is 1. The van der Waals surface area contributed by atoms with E-state index in [0.29, 0.717) is 39.3 Å². The molecule has 2 fully saturated rings. The van der Waals surface area contributed by atoms with E-state index in [0.717, 1.165) is 30.4 Å². The summed E-state index contributed by atoms with van der Waals surface area (Å²) in [6.45, 7) is 3.69. The number of hydrogen-bond acceptors (Lipinski definition) is 6. The lowest BCUT2D eigenvalue weighted by atomic mass is 9.76. The fourth-order valence-corrected chi connectivity index (χ4v) is 6.00. The highest BCUT2D eigenvalue weighted by atomic mass is 16.5. The third kappa shape index (κ3) is 5.04. The average Bonchev–Trinajstić information content (AvgIpc) is 3.24. The first-order chi connectivity index (χ1) is 19.8. The number of Topliss-reactive ketones (excluding diaryl/α,β-unsaturated/α-hetero) is 1. The van der Waals surface area contributed by atoms with Crippen LogP contribution in [0.1, 0.15) is 52.5 Å². The number of carbonyl (C=O) groups is 4. The maximum Gasteiger partial charge on any atom is 0.339 e. The Hall–Kier alpha value is -4.65. The molecular formula is C34H30N2O5. The fraction of sp³-hybridized carbons (Fsp3) is 0.265. The Balaban J connectivity index is 1.28. The number of amides is 2. The van der Waals surface area contributed by atoms with Gasteiger partial charge in [-0.3, -0.25) is 19.3 Å². The van der Waals surface area contributed by atoms with E-state index in [4.69, 9.17) is 9.72 Å². The molecule has 0 unspecified atom stereocenters. The van der Waals surface area contributed by atoms with Crippen molar-refractivity contribution in [1.29, 1.82) is 0 Å². The van der Waals surface area contributed by atoms with Gasteiger partial charge in [0.1, 0.15) is 0 Å². The summed E-state index contributed by atoms with van der Waals surface area (Å²) in [5, 5.41) is 0.632. The summed E-state index contributed by atoms with van der Waals surface area (Å²) in [6, 6.07) is 23.1. The van der Waals surface area contributed by atoms with Crippen molar-refractivity contribution in [3.8, 4) is 11.3 Å². The van der Waals surface area contributed by atoms with Gasteiger partial charge in [-0.1, -0.05) is 61.0 Å². The van der Waals surface area contributed by atoms with Crippen LogP contribution in [0.2, 0.25) is 0 Å². The molecule has 1 aliphatic heterocycles. The Morgan fingerprint density at radius 1 is 0.902 bits per heavy atom. The lowest BCUT2D eigenvalue weighted by Gasteiger charge is -2.25. The van der Waals surface area contributed by atoms with Gasteiger partial charge in [0.05, 0.1) is 34.3 Å². The van der Waals surface area contributed by atoms with Crippen molar-refractivity contribution in [2.75, 3.05) is 11.5 Å². The van der Waals surface area contributed by atoms with Crippen molar-refractivity contribution in [2.45, 2.75) is 33.1 Å². The Kier molecular flexibility index (Phi) is 6.95. The number of aryl methyl sites for hydroxylation is 1. The molecule has 0 spiro atoms. The quantitative estimate of drug-likeness (QED) is 0.163. The second kappa shape index (κ2) is 10.7. The van der Waals surface area contributed by atoms with E-state index in [1.807, 2.05) is 31.2 Å². The van der Waals surface area contributed by atoms with Crippen molar-refractivity contribution in [1.82, 2.24) is 4.98 Å². The first kappa shape index (κ1) is 26.6. The van der Waals surface area contributed by atoms with Crippen LogP contribution < -0.4 is 4.90 Å². The summed E-state index contributed by atoms with van der Waals surface area (Å²) >= 11 is 0. The SMILES string of the molecule is Cc1ccc2nc(-c3ccc(N4C(=O)[C@@H]5CC[C@@H](C)C[C@H]5C4=O)cc3)cc(C(=O)OCC(=O)c3ccccc3)c2c1. The standard InChI is InChI=1S/C34H30N2O5/c1-20-8-14-25-27(17-20)33(39)36(32(25)38)24-12-10-22(11-13-24)30-18-28(26-16-21(2)9-15-29(26)35-30)34(40)41-19-31(37)23-6-4-3-5-7-23/h3-7,9-13,15-16,18,20,25,27H,8,14,17,19H2,1-2H3/t20-,25-,27-/m1/s1. The highest BCUT2D eigenvalue weighted by Gasteiger charge is 2.49. The molecule has 1 saturated carbocycles. The van der Waals surface area contributed by atoms with Crippen molar-refractivity contribution in [2.24, 2.45) is 17.8 Å². The molecule has 3 aromatic carbocycles. The average molecular weight is 547 g/mol. The molecule has 41 heavy (non-hydrogen) atoms. The monoisotopic (exact) mass is 546 g/mol. The summed E-state index contributed by atoms with van der Waals surface area (Å²) in [5.74, 6) is -1.16. The van der Waals surface area contributed by atoms with Gasteiger partial charge in [0.15, 0.2) is 12.4 Å². The molecule has 6 rings (SSSR count). The molecule has 2 aliphatic rings. The molecule has 0 N–H and O–H groups in total. The Labute approximate surface area is 238 Å². The molecule has 4 aromatic rings. The van der Waals surface area contributed by atoms with Gasteiger partial charge in [0.25, 0.3) is 0 Å². The molecule has 0 bridgehead atoms. The Bertz CT molecular complexity index is 1680. The molecule has 1 aliphatic carbocycles. The van der Waals surface area contributed by atoms with E-state index >= 15 is 0 Å². The minimum absolute atomic E-state index is 0.117. The van der Waals surface area contributed by atoms with Crippen LogP contribution in [0.25, 0.3) is 22.2 Å². The van der Waals surface area contributed by atoms with Gasteiger partial charge in [-0.25, -0.2) is 9.78 Å².